The Morgan fingerprint density at radius 2 is 1.64 bits per heavy atom. The summed E-state index contributed by atoms with van der Waals surface area (Å²) >= 11 is 0. The minimum absolute atomic E-state index is 0.0327. The number of rotatable bonds is 4. The molecule has 3 N–H and O–H groups in total. The average molecular weight is 480 g/mol. The lowest BCUT2D eigenvalue weighted by Gasteiger charge is -2.43. The van der Waals surface area contributed by atoms with Gasteiger partial charge in [0.05, 0.1) is 28.3 Å². The molecule has 0 amide bonds. The van der Waals surface area contributed by atoms with Crippen LogP contribution >= 0.6 is 0 Å². The van der Waals surface area contributed by atoms with Crippen molar-refractivity contribution in [3.8, 4) is 0 Å². The number of benzene rings is 3. The standard InChI is InChI=1S/C31H33N3O2/c1-6-15-34-26-12-11-21(32)16-25(26)33-28(19-7-9-20(10-8-19)29(35)36)22-17-23-24(18-27(22)34)31(4,5)14-13-30(23,2)3/h6-12,16-18H,1,13-15,32H2,2-5H3,(H,35,36). The zero-order valence-electron chi connectivity index (χ0n) is 21.4. The second-order valence-electron chi connectivity index (χ2n) is 11.2. The Morgan fingerprint density at radius 3 is 2.25 bits per heavy atom. The number of hydrogen-bond acceptors (Lipinski definition) is 4. The van der Waals surface area contributed by atoms with Crippen molar-refractivity contribution in [3.05, 3.63) is 95.1 Å². The molecule has 0 atom stereocenters. The predicted molar refractivity (Wildman–Crippen MR) is 148 cm³/mol. The number of carbonyl (C=O) groups is 1. The summed E-state index contributed by atoms with van der Waals surface area (Å²) in [5, 5.41) is 9.42. The summed E-state index contributed by atoms with van der Waals surface area (Å²) in [5.41, 5.74) is 15.4. The van der Waals surface area contributed by atoms with Gasteiger partial charge in [-0.2, -0.15) is 0 Å². The molecule has 5 heteroatoms. The topological polar surface area (TPSA) is 78.9 Å². The van der Waals surface area contributed by atoms with E-state index in [1.807, 2.05) is 36.4 Å². The number of carboxylic acid groups (broad SMARTS) is 1. The van der Waals surface area contributed by atoms with E-state index < -0.39 is 5.97 Å². The van der Waals surface area contributed by atoms with Crippen molar-refractivity contribution < 1.29 is 9.90 Å². The second kappa shape index (κ2) is 8.37. The van der Waals surface area contributed by atoms with E-state index in [2.05, 4.69) is 51.3 Å². The SMILES string of the molecule is C=CCN1c2ccc(N)cc2N=C(c2ccc(C(=O)O)cc2)c2cc3c(cc21)C(C)(C)CCC3(C)C. The number of nitrogens with two attached hydrogens (primary N) is 1. The van der Waals surface area contributed by atoms with E-state index in [1.54, 1.807) is 12.1 Å². The molecule has 0 unspecified atom stereocenters. The summed E-state index contributed by atoms with van der Waals surface area (Å²) in [6.07, 6.45) is 4.14. The van der Waals surface area contributed by atoms with Crippen LogP contribution in [0, 0.1) is 0 Å². The highest BCUT2D eigenvalue weighted by atomic mass is 16.4. The van der Waals surface area contributed by atoms with Gasteiger partial charge < -0.3 is 15.7 Å². The van der Waals surface area contributed by atoms with Gasteiger partial charge in [-0.15, -0.1) is 6.58 Å². The molecule has 0 spiro atoms. The van der Waals surface area contributed by atoms with E-state index in [0.717, 1.165) is 46.7 Å². The maximum Gasteiger partial charge on any atom is 0.335 e. The first-order valence-electron chi connectivity index (χ1n) is 12.4. The molecule has 0 radical (unpaired) electrons. The van der Waals surface area contributed by atoms with Crippen LogP contribution in [0.15, 0.2) is 72.2 Å². The van der Waals surface area contributed by atoms with E-state index in [9.17, 15) is 9.90 Å². The summed E-state index contributed by atoms with van der Waals surface area (Å²) in [6, 6.07) is 17.5. The summed E-state index contributed by atoms with van der Waals surface area (Å²) in [6.45, 7) is 13.9. The summed E-state index contributed by atoms with van der Waals surface area (Å²) < 4.78 is 0. The van der Waals surface area contributed by atoms with Crippen LogP contribution in [-0.2, 0) is 10.8 Å². The van der Waals surface area contributed by atoms with Crippen LogP contribution in [-0.4, -0.2) is 23.3 Å². The number of aliphatic imine (C=N–C) groups is 1. The van der Waals surface area contributed by atoms with Crippen molar-refractivity contribution >= 4 is 34.4 Å². The van der Waals surface area contributed by atoms with Crippen LogP contribution in [0.5, 0.6) is 0 Å². The first-order chi connectivity index (χ1) is 17.0. The minimum atomic E-state index is -0.946. The van der Waals surface area contributed by atoms with Gasteiger partial charge in [0, 0.05) is 23.4 Å². The third-order valence-electron chi connectivity index (χ3n) is 7.75. The summed E-state index contributed by atoms with van der Waals surface area (Å²) in [5.74, 6) is -0.946. The fourth-order valence-electron chi connectivity index (χ4n) is 5.50. The number of anilines is 3. The number of nitrogen functional groups attached to an aromatic ring is 1. The van der Waals surface area contributed by atoms with Crippen molar-refractivity contribution in [1.82, 2.24) is 0 Å². The molecule has 3 aromatic rings. The van der Waals surface area contributed by atoms with Gasteiger partial charge in [0.1, 0.15) is 0 Å². The molecule has 5 rings (SSSR count). The Balaban J connectivity index is 1.85. The van der Waals surface area contributed by atoms with E-state index >= 15 is 0 Å². The maximum absolute atomic E-state index is 11.5. The van der Waals surface area contributed by atoms with E-state index in [0.29, 0.717) is 12.2 Å². The Bertz CT molecular complexity index is 1410. The molecule has 0 saturated heterocycles. The molecule has 1 heterocycles. The molecular formula is C31H33N3O2. The molecule has 184 valence electrons. The molecule has 0 aromatic heterocycles. The number of hydrogen-bond donors (Lipinski definition) is 2. The highest BCUT2D eigenvalue weighted by molar-refractivity contribution is 6.19. The lowest BCUT2D eigenvalue weighted by atomic mass is 9.62. The number of nitrogens with zero attached hydrogens (tertiary/aromatic N) is 2. The number of carboxylic acids is 1. The maximum atomic E-state index is 11.5. The Kier molecular flexibility index (Phi) is 5.55. The molecule has 0 saturated carbocycles. The van der Waals surface area contributed by atoms with Crippen LogP contribution < -0.4 is 10.6 Å². The van der Waals surface area contributed by atoms with Gasteiger partial charge in [0.15, 0.2) is 0 Å². The fraction of sp³-hybridized carbons (Fsp3) is 0.290. The van der Waals surface area contributed by atoms with Gasteiger partial charge in [-0.3, -0.25) is 0 Å². The molecule has 1 aliphatic heterocycles. The van der Waals surface area contributed by atoms with Crippen molar-refractivity contribution in [3.63, 3.8) is 0 Å². The lowest BCUT2D eigenvalue weighted by molar-refractivity contribution is 0.0697. The monoisotopic (exact) mass is 479 g/mol. The minimum Gasteiger partial charge on any atom is -0.478 e. The van der Waals surface area contributed by atoms with Gasteiger partial charge >= 0.3 is 5.97 Å². The number of aromatic carboxylic acids is 1. The Hall–Kier alpha value is -3.86. The Morgan fingerprint density at radius 1 is 1.00 bits per heavy atom. The second-order valence-corrected chi connectivity index (χ2v) is 11.2. The van der Waals surface area contributed by atoms with Crippen molar-refractivity contribution in [2.24, 2.45) is 4.99 Å². The zero-order valence-corrected chi connectivity index (χ0v) is 21.4. The van der Waals surface area contributed by atoms with Crippen LogP contribution in [0.2, 0.25) is 0 Å². The lowest BCUT2D eigenvalue weighted by Crippen LogP contribution is -2.35. The molecule has 1 aliphatic carbocycles. The fourth-order valence-corrected chi connectivity index (χ4v) is 5.50. The smallest absolute Gasteiger partial charge is 0.335 e. The normalized spacial score (nSPS) is 17.2. The van der Waals surface area contributed by atoms with Gasteiger partial charge in [0.25, 0.3) is 0 Å². The Labute approximate surface area is 213 Å². The molecule has 3 aromatic carbocycles. The molecule has 0 bridgehead atoms. The molecule has 5 nitrogen and oxygen atoms in total. The van der Waals surface area contributed by atoms with Gasteiger partial charge in [-0.25, -0.2) is 9.79 Å². The zero-order chi connectivity index (χ0) is 25.8. The average Bonchev–Trinajstić information content (AvgIpc) is 2.96. The third-order valence-corrected chi connectivity index (χ3v) is 7.75. The molecule has 0 fully saturated rings. The quantitative estimate of drug-likeness (QED) is 0.308. The highest BCUT2D eigenvalue weighted by Crippen LogP contribution is 2.50. The van der Waals surface area contributed by atoms with E-state index in [1.165, 1.54) is 11.1 Å². The summed E-state index contributed by atoms with van der Waals surface area (Å²) in [4.78, 5) is 18.9. The predicted octanol–water partition coefficient (Wildman–Crippen LogP) is 7.12. The van der Waals surface area contributed by atoms with Crippen LogP contribution in [0.4, 0.5) is 22.7 Å². The van der Waals surface area contributed by atoms with E-state index in [4.69, 9.17) is 10.7 Å². The first kappa shape index (κ1) is 23.9. The third kappa shape index (κ3) is 3.89. The van der Waals surface area contributed by atoms with Gasteiger partial charge in [-0.1, -0.05) is 45.9 Å². The molecule has 36 heavy (non-hydrogen) atoms. The first-order valence-corrected chi connectivity index (χ1v) is 12.4. The largest absolute Gasteiger partial charge is 0.478 e. The van der Waals surface area contributed by atoms with E-state index in [-0.39, 0.29) is 16.4 Å². The highest BCUT2D eigenvalue weighted by Gasteiger charge is 2.39. The van der Waals surface area contributed by atoms with Gasteiger partial charge in [-0.05, 0) is 77.3 Å². The summed E-state index contributed by atoms with van der Waals surface area (Å²) in [7, 11) is 0. The van der Waals surface area contributed by atoms with Crippen LogP contribution in [0.1, 0.15) is 73.1 Å². The molecular weight excluding hydrogens is 446 g/mol. The van der Waals surface area contributed by atoms with Crippen LogP contribution in [0.3, 0.4) is 0 Å². The van der Waals surface area contributed by atoms with Crippen LogP contribution in [0.25, 0.3) is 0 Å². The van der Waals surface area contributed by atoms with Crippen molar-refractivity contribution in [2.75, 3.05) is 17.2 Å². The molecule has 2 aliphatic rings. The van der Waals surface area contributed by atoms with Crippen molar-refractivity contribution in [1.29, 1.82) is 0 Å². The van der Waals surface area contributed by atoms with Crippen molar-refractivity contribution in [2.45, 2.75) is 51.4 Å². The number of fused-ring (bicyclic) bond motifs is 3. The van der Waals surface area contributed by atoms with Gasteiger partial charge in [0.2, 0.25) is 0 Å².